The standard InChI is InChI=1S/C23H23N3O3/c1-13-10-11-15-16(12-13)25-22(24-15)26-18(14-8-6-5-7-9-14)17(19(27)21(26)29)20(28)23(2,3)4/h5-12,18,27H,1-4H3,(H,24,25). The molecule has 6 nitrogen and oxygen atoms in total. The third kappa shape index (κ3) is 3.10. The molecule has 1 unspecified atom stereocenters. The molecule has 3 aromatic rings. The van der Waals surface area contributed by atoms with Gasteiger partial charge < -0.3 is 10.1 Å². The summed E-state index contributed by atoms with van der Waals surface area (Å²) < 4.78 is 0. The predicted octanol–water partition coefficient (Wildman–Crippen LogP) is 4.39. The van der Waals surface area contributed by atoms with Crippen LogP contribution >= 0.6 is 0 Å². The molecule has 0 saturated heterocycles. The number of imidazole rings is 1. The third-order valence-corrected chi connectivity index (χ3v) is 5.10. The minimum atomic E-state index is -0.753. The normalized spacial score (nSPS) is 17.4. The Morgan fingerprint density at radius 2 is 1.83 bits per heavy atom. The van der Waals surface area contributed by atoms with Crippen molar-refractivity contribution in [2.75, 3.05) is 4.90 Å². The summed E-state index contributed by atoms with van der Waals surface area (Å²) in [5, 5.41) is 10.7. The van der Waals surface area contributed by atoms with E-state index in [9.17, 15) is 14.7 Å². The first-order valence-electron chi connectivity index (χ1n) is 9.51. The number of nitrogens with zero attached hydrogens (tertiary/aromatic N) is 2. The molecule has 1 amide bonds. The second-order valence-corrected chi connectivity index (χ2v) is 8.41. The minimum Gasteiger partial charge on any atom is -0.503 e. The van der Waals surface area contributed by atoms with E-state index in [2.05, 4.69) is 9.97 Å². The first-order valence-corrected chi connectivity index (χ1v) is 9.51. The van der Waals surface area contributed by atoms with Gasteiger partial charge in [0.05, 0.1) is 22.6 Å². The molecule has 6 heteroatoms. The van der Waals surface area contributed by atoms with Crippen LogP contribution in [0.1, 0.15) is 37.9 Å². The van der Waals surface area contributed by atoms with Gasteiger partial charge in [0, 0.05) is 5.41 Å². The van der Waals surface area contributed by atoms with Crippen LogP contribution in [-0.2, 0) is 9.59 Å². The Morgan fingerprint density at radius 1 is 1.14 bits per heavy atom. The van der Waals surface area contributed by atoms with E-state index in [1.807, 2.05) is 55.5 Å². The smallest absolute Gasteiger partial charge is 0.296 e. The van der Waals surface area contributed by atoms with Crippen LogP contribution in [0.25, 0.3) is 11.0 Å². The number of aromatic nitrogens is 2. The summed E-state index contributed by atoms with van der Waals surface area (Å²) in [6, 6.07) is 14.2. The van der Waals surface area contributed by atoms with Gasteiger partial charge in [-0.25, -0.2) is 4.98 Å². The van der Waals surface area contributed by atoms with Crippen molar-refractivity contribution in [1.82, 2.24) is 9.97 Å². The van der Waals surface area contributed by atoms with Crippen molar-refractivity contribution in [3.8, 4) is 0 Å². The van der Waals surface area contributed by atoms with Gasteiger partial charge in [0.2, 0.25) is 5.95 Å². The van der Waals surface area contributed by atoms with E-state index in [1.54, 1.807) is 20.8 Å². The molecule has 0 fully saturated rings. The first kappa shape index (κ1) is 18.9. The average Bonchev–Trinajstić information content (AvgIpc) is 3.19. The van der Waals surface area contributed by atoms with Crippen molar-refractivity contribution in [2.24, 2.45) is 5.41 Å². The van der Waals surface area contributed by atoms with Gasteiger partial charge in [-0.05, 0) is 30.2 Å². The van der Waals surface area contributed by atoms with Crippen LogP contribution in [0.5, 0.6) is 0 Å². The van der Waals surface area contributed by atoms with Crippen molar-refractivity contribution in [3.63, 3.8) is 0 Å². The Bertz CT molecular complexity index is 1150. The third-order valence-electron chi connectivity index (χ3n) is 5.10. The second-order valence-electron chi connectivity index (χ2n) is 8.41. The van der Waals surface area contributed by atoms with E-state index >= 15 is 0 Å². The van der Waals surface area contributed by atoms with Gasteiger partial charge >= 0.3 is 0 Å². The summed E-state index contributed by atoms with van der Waals surface area (Å²) in [6.45, 7) is 7.29. The van der Waals surface area contributed by atoms with Gasteiger partial charge in [0.15, 0.2) is 11.5 Å². The topological polar surface area (TPSA) is 86.3 Å². The Labute approximate surface area is 168 Å². The number of H-pyrrole nitrogens is 1. The number of nitrogens with one attached hydrogen (secondary N) is 1. The molecular weight excluding hydrogens is 366 g/mol. The van der Waals surface area contributed by atoms with Crippen LogP contribution in [0.15, 0.2) is 59.9 Å². The maximum Gasteiger partial charge on any atom is 0.296 e. The molecule has 4 rings (SSSR count). The van der Waals surface area contributed by atoms with Crippen molar-refractivity contribution < 1.29 is 14.7 Å². The van der Waals surface area contributed by atoms with Crippen LogP contribution < -0.4 is 4.90 Å². The van der Waals surface area contributed by atoms with Crippen LogP contribution in [0.4, 0.5) is 5.95 Å². The number of aryl methyl sites for hydroxylation is 1. The molecule has 1 aliphatic heterocycles. The van der Waals surface area contributed by atoms with Gasteiger partial charge in [0.1, 0.15) is 0 Å². The summed E-state index contributed by atoms with van der Waals surface area (Å²) in [7, 11) is 0. The fourth-order valence-corrected chi connectivity index (χ4v) is 3.63. The molecule has 0 spiro atoms. The molecule has 0 aliphatic carbocycles. The minimum absolute atomic E-state index is 0.102. The summed E-state index contributed by atoms with van der Waals surface area (Å²) in [4.78, 5) is 35.4. The Hall–Kier alpha value is -3.41. The van der Waals surface area contributed by atoms with Crippen LogP contribution in [0.2, 0.25) is 0 Å². The molecule has 0 bridgehead atoms. The van der Waals surface area contributed by atoms with Gasteiger partial charge in [-0.15, -0.1) is 0 Å². The number of anilines is 1. The van der Waals surface area contributed by atoms with Crippen LogP contribution in [0.3, 0.4) is 0 Å². The van der Waals surface area contributed by atoms with Crippen LogP contribution in [0, 0.1) is 12.3 Å². The highest BCUT2D eigenvalue weighted by Crippen LogP contribution is 2.42. The number of ketones is 1. The summed E-state index contributed by atoms with van der Waals surface area (Å²) in [5.41, 5.74) is 2.64. The maximum atomic E-state index is 13.2. The summed E-state index contributed by atoms with van der Waals surface area (Å²) in [6.07, 6.45) is 0. The zero-order chi connectivity index (χ0) is 20.9. The van der Waals surface area contributed by atoms with E-state index in [1.165, 1.54) is 4.90 Å². The highest BCUT2D eigenvalue weighted by Gasteiger charge is 2.47. The highest BCUT2D eigenvalue weighted by molar-refractivity contribution is 6.17. The monoisotopic (exact) mass is 389 g/mol. The Morgan fingerprint density at radius 3 is 2.48 bits per heavy atom. The fourth-order valence-electron chi connectivity index (χ4n) is 3.63. The number of carbonyl (C=O) groups is 2. The largest absolute Gasteiger partial charge is 0.503 e. The van der Waals surface area contributed by atoms with E-state index in [0.29, 0.717) is 11.5 Å². The number of amides is 1. The quantitative estimate of drug-likeness (QED) is 0.696. The van der Waals surface area contributed by atoms with E-state index in [-0.39, 0.29) is 11.4 Å². The van der Waals surface area contributed by atoms with Gasteiger partial charge in [-0.1, -0.05) is 57.2 Å². The first-order chi connectivity index (χ1) is 13.7. The molecule has 1 atom stereocenters. The lowest BCUT2D eigenvalue weighted by atomic mass is 9.82. The number of rotatable bonds is 3. The number of aliphatic hydroxyl groups excluding tert-OH is 1. The second kappa shape index (κ2) is 6.58. The fraction of sp³-hybridized carbons (Fsp3) is 0.261. The molecule has 0 saturated carbocycles. The molecule has 1 aliphatic rings. The van der Waals surface area contributed by atoms with Gasteiger partial charge in [-0.3, -0.25) is 14.5 Å². The summed E-state index contributed by atoms with van der Waals surface area (Å²) >= 11 is 0. The SMILES string of the molecule is Cc1ccc2nc(N3C(=O)C(O)=C(C(=O)C(C)(C)C)C3c3ccccc3)[nH]c2c1. The lowest BCUT2D eigenvalue weighted by molar-refractivity contribution is -0.123. The lowest BCUT2D eigenvalue weighted by Crippen LogP contribution is -2.33. The number of carbonyl (C=O) groups excluding carboxylic acids is 2. The number of aliphatic hydroxyl groups is 1. The lowest BCUT2D eigenvalue weighted by Gasteiger charge is -2.27. The van der Waals surface area contributed by atoms with Crippen LogP contribution in [-0.4, -0.2) is 26.8 Å². The van der Waals surface area contributed by atoms with Gasteiger partial charge in [0.25, 0.3) is 5.91 Å². The van der Waals surface area contributed by atoms with E-state index < -0.39 is 23.1 Å². The number of hydrogen-bond acceptors (Lipinski definition) is 4. The van der Waals surface area contributed by atoms with Gasteiger partial charge in [-0.2, -0.15) is 0 Å². The molecule has 29 heavy (non-hydrogen) atoms. The zero-order valence-corrected chi connectivity index (χ0v) is 16.9. The highest BCUT2D eigenvalue weighted by atomic mass is 16.3. The van der Waals surface area contributed by atoms with Crippen molar-refractivity contribution in [3.05, 3.63) is 71.0 Å². The number of fused-ring (bicyclic) bond motifs is 1. The summed E-state index contributed by atoms with van der Waals surface area (Å²) in [5.74, 6) is -1.13. The molecule has 0 radical (unpaired) electrons. The molecule has 2 aromatic carbocycles. The molecular formula is C23H23N3O3. The van der Waals surface area contributed by atoms with Crippen molar-refractivity contribution in [2.45, 2.75) is 33.7 Å². The number of benzene rings is 2. The number of Topliss-reactive ketones (excluding diaryl/α,β-unsaturated/α-hetero) is 1. The maximum absolute atomic E-state index is 13.2. The molecule has 148 valence electrons. The molecule has 2 N–H and O–H groups in total. The number of aromatic amines is 1. The Balaban J connectivity index is 1.90. The predicted molar refractivity (Wildman–Crippen MR) is 112 cm³/mol. The molecule has 2 heterocycles. The average molecular weight is 389 g/mol. The van der Waals surface area contributed by atoms with E-state index in [4.69, 9.17) is 0 Å². The van der Waals surface area contributed by atoms with Crippen molar-refractivity contribution >= 4 is 28.7 Å². The zero-order valence-electron chi connectivity index (χ0n) is 16.9. The number of hydrogen-bond donors (Lipinski definition) is 2. The van der Waals surface area contributed by atoms with Crippen molar-refractivity contribution in [1.29, 1.82) is 0 Å². The molecule has 1 aromatic heterocycles. The Kier molecular flexibility index (Phi) is 4.30. The van der Waals surface area contributed by atoms with E-state index in [0.717, 1.165) is 16.6 Å².